The van der Waals surface area contributed by atoms with Gasteiger partial charge in [0.05, 0.1) is 5.56 Å². The van der Waals surface area contributed by atoms with Crippen molar-refractivity contribution in [3.05, 3.63) is 35.1 Å². The highest BCUT2D eigenvalue weighted by atomic mass is 19.1. The van der Waals surface area contributed by atoms with Gasteiger partial charge in [0, 0.05) is 13.6 Å². The van der Waals surface area contributed by atoms with Crippen molar-refractivity contribution < 1.29 is 13.9 Å². The van der Waals surface area contributed by atoms with E-state index in [-0.39, 0.29) is 12.1 Å². The average Bonchev–Trinajstić information content (AvgIpc) is 2.27. The van der Waals surface area contributed by atoms with Gasteiger partial charge in [-0.15, -0.1) is 6.42 Å². The first-order chi connectivity index (χ1) is 8.73. The summed E-state index contributed by atoms with van der Waals surface area (Å²) in [5, 5.41) is 0. The number of benzene rings is 1. The molecule has 102 valence electrons. The summed E-state index contributed by atoms with van der Waals surface area (Å²) in [6.45, 7) is 5.64. The van der Waals surface area contributed by atoms with Crippen molar-refractivity contribution >= 4 is 6.09 Å². The van der Waals surface area contributed by atoms with Gasteiger partial charge < -0.3 is 9.64 Å². The molecule has 0 unspecified atom stereocenters. The number of carbonyl (C=O) groups excluding carboxylic acids is 1. The first kappa shape index (κ1) is 15.0. The van der Waals surface area contributed by atoms with Gasteiger partial charge in [0.25, 0.3) is 0 Å². The summed E-state index contributed by atoms with van der Waals surface area (Å²) < 4.78 is 18.7. The molecule has 0 spiro atoms. The molecule has 1 rings (SSSR count). The molecule has 0 heterocycles. The fraction of sp³-hybridized carbons (Fsp3) is 0.400. The minimum Gasteiger partial charge on any atom is -0.444 e. The number of rotatable bonds is 2. The van der Waals surface area contributed by atoms with Gasteiger partial charge in [0.15, 0.2) is 0 Å². The lowest BCUT2D eigenvalue weighted by molar-refractivity contribution is 0.0285. The molecule has 19 heavy (non-hydrogen) atoms. The molecule has 0 N–H and O–H groups in total. The Morgan fingerprint density at radius 2 is 2.11 bits per heavy atom. The first-order valence-corrected chi connectivity index (χ1v) is 5.92. The smallest absolute Gasteiger partial charge is 0.410 e. The first-order valence-electron chi connectivity index (χ1n) is 5.92. The normalized spacial score (nSPS) is 10.7. The van der Waals surface area contributed by atoms with Crippen molar-refractivity contribution in [1.82, 2.24) is 4.90 Å². The van der Waals surface area contributed by atoms with E-state index in [1.54, 1.807) is 33.9 Å². The van der Waals surface area contributed by atoms with Crippen LogP contribution in [0.15, 0.2) is 18.2 Å². The zero-order valence-corrected chi connectivity index (χ0v) is 11.7. The second-order valence-corrected chi connectivity index (χ2v) is 5.29. The van der Waals surface area contributed by atoms with Gasteiger partial charge in [-0.2, -0.15) is 0 Å². The van der Waals surface area contributed by atoms with E-state index in [9.17, 15) is 9.18 Å². The molecular weight excluding hydrogens is 245 g/mol. The maximum Gasteiger partial charge on any atom is 0.410 e. The fourth-order valence-electron chi connectivity index (χ4n) is 1.45. The second-order valence-electron chi connectivity index (χ2n) is 5.29. The monoisotopic (exact) mass is 263 g/mol. The van der Waals surface area contributed by atoms with Gasteiger partial charge in [-0.3, -0.25) is 0 Å². The van der Waals surface area contributed by atoms with Crippen LogP contribution in [-0.2, 0) is 11.3 Å². The highest BCUT2D eigenvalue weighted by Gasteiger charge is 2.19. The molecule has 0 atom stereocenters. The van der Waals surface area contributed by atoms with E-state index in [0.717, 1.165) is 0 Å². The van der Waals surface area contributed by atoms with Crippen molar-refractivity contribution in [3.63, 3.8) is 0 Å². The molecule has 0 aliphatic rings. The second kappa shape index (κ2) is 5.75. The Bertz CT molecular complexity index is 512. The Morgan fingerprint density at radius 1 is 1.47 bits per heavy atom. The van der Waals surface area contributed by atoms with Crippen LogP contribution in [0.2, 0.25) is 0 Å². The molecule has 1 aromatic carbocycles. The Hall–Kier alpha value is -2.02. The summed E-state index contributed by atoms with van der Waals surface area (Å²) >= 11 is 0. The molecule has 1 amide bonds. The molecule has 4 heteroatoms. The van der Waals surface area contributed by atoms with Crippen molar-refractivity contribution in [3.8, 4) is 12.3 Å². The van der Waals surface area contributed by atoms with Gasteiger partial charge in [-0.05, 0) is 38.5 Å². The lowest BCUT2D eigenvalue weighted by Gasteiger charge is -2.24. The Kier molecular flexibility index (Phi) is 4.55. The molecule has 0 radical (unpaired) electrons. The minimum atomic E-state index is -0.552. The van der Waals surface area contributed by atoms with Crippen LogP contribution in [-0.4, -0.2) is 23.6 Å². The number of carbonyl (C=O) groups is 1. The van der Waals surface area contributed by atoms with E-state index in [2.05, 4.69) is 5.92 Å². The van der Waals surface area contributed by atoms with E-state index in [1.807, 2.05) is 0 Å². The number of terminal acetylenes is 1. The molecular formula is C15H18FNO2. The Balaban J connectivity index is 2.72. The summed E-state index contributed by atoms with van der Waals surface area (Å²) in [6.07, 6.45) is 4.70. The zero-order chi connectivity index (χ0) is 14.6. The topological polar surface area (TPSA) is 29.5 Å². The largest absolute Gasteiger partial charge is 0.444 e. The minimum absolute atomic E-state index is 0.212. The summed E-state index contributed by atoms with van der Waals surface area (Å²) in [5.74, 6) is 1.79. The Morgan fingerprint density at radius 3 is 2.58 bits per heavy atom. The van der Waals surface area contributed by atoms with Crippen LogP contribution in [0.5, 0.6) is 0 Å². The number of halogens is 1. The number of nitrogens with zero attached hydrogens (tertiary/aromatic N) is 1. The molecule has 0 fully saturated rings. The quantitative estimate of drug-likeness (QED) is 0.767. The van der Waals surface area contributed by atoms with Crippen LogP contribution < -0.4 is 0 Å². The third kappa shape index (κ3) is 4.63. The van der Waals surface area contributed by atoms with Crippen LogP contribution >= 0.6 is 0 Å². The zero-order valence-electron chi connectivity index (χ0n) is 11.7. The van der Waals surface area contributed by atoms with Crippen LogP contribution in [0.25, 0.3) is 0 Å². The van der Waals surface area contributed by atoms with E-state index in [4.69, 9.17) is 11.2 Å². The summed E-state index contributed by atoms with van der Waals surface area (Å²) in [4.78, 5) is 13.1. The van der Waals surface area contributed by atoms with Crippen LogP contribution in [0.4, 0.5) is 9.18 Å². The predicted molar refractivity (Wildman–Crippen MR) is 72.0 cm³/mol. The standard InChI is InChI=1S/C15H18FNO2/c1-6-12-8-7-11(9-13(12)16)10-17(5)14(18)19-15(2,3)4/h1,7-9H,10H2,2-5H3. The van der Waals surface area contributed by atoms with E-state index < -0.39 is 17.5 Å². The van der Waals surface area contributed by atoms with Crippen molar-refractivity contribution in [2.24, 2.45) is 0 Å². The predicted octanol–water partition coefficient (Wildman–Crippen LogP) is 3.17. The maximum atomic E-state index is 13.5. The van der Waals surface area contributed by atoms with Crippen molar-refractivity contribution in [2.75, 3.05) is 7.05 Å². The third-order valence-electron chi connectivity index (χ3n) is 2.31. The number of hydrogen-bond acceptors (Lipinski definition) is 2. The lowest BCUT2D eigenvalue weighted by Crippen LogP contribution is -2.33. The van der Waals surface area contributed by atoms with Crippen LogP contribution in [0, 0.1) is 18.2 Å². The maximum absolute atomic E-state index is 13.5. The summed E-state index contributed by atoms with van der Waals surface area (Å²) in [7, 11) is 1.60. The Labute approximate surface area is 113 Å². The van der Waals surface area contributed by atoms with Crippen LogP contribution in [0.3, 0.4) is 0 Å². The van der Waals surface area contributed by atoms with E-state index >= 15 is 0 Å². The molecule has 0 aliphatic heterocycles. The molecule has 3 nitrogen and oxygen atoms in total. The fourth-order valence-corrected chi connectivity index (χ4v) is 1.45. The molecule has 0 saturated carbocycles. The molecule has 0 aliphatic carbocycles. The molecule has 0 bridgehead atoms. The van der Waals surface area contributed by atoms with Gasteiger partial charge in [0.2, 0.25) is 0 Å². The van der Waals surface area contributed by atoms with Crippen molar-refractivity contribution in [1.29, 1.82) is 0 Å². The van der Waals surface area contributed by atoms with E-state index in [1.165, 1.54) is 17.0 Å². The van der Waals surface area contributed by atoms with Gasteiger partial charge >= 0.3 is 6.09 Å². The third-order valence-corrected chi connectivity index (χ3v) is 2.31. The summed E-state index contributed by atoms with van der Waals surface area (Å²) in [6, 6.07) is 4.54. The summed E-state index contributed by atoms with van der Waals surface area (Å²) in [5.41, 5.74) is 0.317. The average molecular weight is 263 g/mol. The lowest BCUT2D eigenvalue weighted by atomic mass is 10.1. The van der Waals surface area contributed by atoms with Gasteiger partial charge in [0.1, 0.15) is 11.4 Å². The SMILES string of the molecule is C#Cc1ccc(CN(C)C(=O)OC(C)(C)C)cc1F. The number of ether oxygens (including phenoxy) is 1. The molecule has 0 saturated heterocycles. The van der Waals surface area contributed by atoms with Crippen molar-refractivity contribution in [2.45, 2.75) is 32.9 Å². The van der Waals surface area contributed by atoms with E-state index in [0.29, 0.717) is 5.56 Å². The highest BCUT2D eigenvalue weighted by molar-refractivity contribution is 5.67. The van der Waals surface area contributed by atoms with Gasteiger partial charge in [-0.1, -0.05) is 12.0 Å². The molecule has 0 aromatic heterocycles. The van der Waals surface area contributed by atoms with Crippen LogP contribution in [0.1, 0.15) is 31.9 Å². The number of amides is 1. The van der Waals surface area contributed by atoms with Gasteiger partial charge in [-0.25, -0.2) is 9.18 Å². The molecule has 1 aromatic rings. The number of hydrogen-bond donors (Lipinski definition) is 0. The highest BCUT2D eigenvalue weighted by Crippen LogP contribution is 2.13.